The van der Waals surface area contributed by atoms with Gasteiger partial charge in [-0.1, -0.05) is 6.92 Å². The van der Waals surface area contributed by atoms with Crippen LogP contribution in [0, 0.1) is 11.3 Å². The Morgan fingerprint density at radius 1 is 1.36 bits per heavy atom. The summed E-state index contributed by atoms with van der Waals surface area (Å²) in [6, 6.07) is 6.16. The third-order valence-electron chi connectivity index (χ3n) is 3.37. The molecule has 0 bridgehead atoms. The van der Waals surface area contributed by atoms with Crippen molar-refractivity contribution in [3.05, 3.63) is 23.4 Å². The Labute approximate surface area is 131 Å². The second kappa shape index (κ2) is 6.52. The van der Waals surface area contributed by atoms with Gasteiger partial charge in [0.1, 0.15) is 11.8 Å². The van der Waals surface area contributed by atoms with Gasteiger partial charge < -0.3 is 15.8 Å². The van der Waals surface area contributed by atoms with E-state index < -0.39 is 0 Å². The summed E-state index contributed by atoms with van der Waals surface area (Å²) < 4.78 is 5.55. The van der Waals surface area contributed by atoms with Crippen LogP contribution in [0.2, 0.25) is 0 Å². The molecule has 3 N–H and O–H groups in total. The molecule has 0 spiro atoms. The Morgan fingerprint density at radius 3 is 2.64 bits per heavy atom. The highest BCUT2D eigenvalue weighted by Crippen LogP contribution is 2.35. The van der Waals surface area contributed by atoms with Crippen LogP contribution in [0.5, 0.6) is 5.75 Å². The van der Waals surface area contributed by atoms with Crippen molar-refractivity contribution in [1.29, 1.82) is 5.26 Å². The van der Waals surface area contributed by atoms with E-state index >= 15 is 0 Å². The van der Waals surface area contributed by atoms with Crippen LogP contribution in [0.25, 0.3) is 10.9 Å². The molecule has 5 heteroatoms. The monoisotopic (exact) mass is 298 g/mol. The Bertz CT molecular complexity index is 732. The number of anilines is 2. The first kappa shape index (κ1) is 15.9. The molecule has 1 aromatic heterocycles. The van der Waals surface area contributed by atoms with Crippen LogP contribution in [-0.4, -0.2) is 17.6 Å². The Balaban J connectivity index is 2.79. The number of nitrogens with zero attached hydrogens (tertiary/aromatic N) is 2. The van der Waals surface area contributed by atoms with Crippen LogP contribution in [0.4, 0.5) is 11.4 Å². The third kappa shape index (κ3) is 2.91. The van der Waals surface area contributed by atoms with Gasteiger partial charge in [0.2, 0.25) is 0 Å². The number of hydrogen-bond acceptors (Lipinski definition) is 5. The van der Waals surface area contributed by atoms with E-state index in [1.54, 1.807) is 0 Å². The lowest BCUT2D eigenvalue weighted by Gasteiger charge is -2.18. The third-order valence-corrected chi connectivity index (χ3v) is 3.37. The minimum absolute atomic E-state index is 0.204. The van der Waals surface area contributed by atoms with Crippen molar-refractivity contribution in [1.82, 2.24) is 4.98 Å². The number of rotatable bonds is 5. The number of nitriles is 1. The smallest absolute Gasteiger partial charge is 0.144 e. The van der Waals surface area contributed by atoms with Crippen molar-refractivity contribution in [2.75, 3.05) is 17.7 Å². The molecule has 116 valence electrons. The molecule has 2 aromatic rings. The standard InChI is InChI=1S/C17H22N4O/c1-5-14-12(9-18)17(20-10(3)4)11-7-13(19)16(22-6-2)8-15(11)21-14/h7-8,10H,5-6,19H2,1-4H3,(H,20,21). The van der Waals surface area contributed by atoms with Gasteiger partial charge in [0.05, 0.1) is 34.8 Å². The number of pyridine rings is 1. The van der Waals surface area contributed by atoms with Crippen molar-refractivity contribution in [2.24, 2.45) is 0 Å². The predicted molar refractivity (Wildman–Crippen MR) is 90.2 cm³/mol. The fraction of sp³-hybridized carbons (Fsp3) is 0.412. The van der Waals surface area contributed by atoms with E-state index in [0.29, 0.717) is 30.0 Å². The molecule has 5 nitrogen and oxygen atoms in total. The number of fused-ring (bicyclic) bond motifs is 1. The second-order valence-corrected chi connectivity index (χ2v) is 5.41. The van der Waals surface area contributed by atoms with Crippen LogP contribution in [0.1, 0.15) is 39.0 Å². The van der Waals surface area contributed by atoms with Crippen LogP contribution in [0.3, 0.4) is 0 Å². The summed E-state index contributed by atoms with van der Waals surface area (Å²) >= 11 is 0. The highest BCUT2D eigenvalue weighted by Gasteiger charge is 2.16. The average molecular weight is 298 g/mol. The van der Waals surface area contributed by atoms with Crippen LogP contribution < -0.4 is 15.8 Å². The van der Waals surface area contributed by atoms with E-state index in [1.807, 2.05) is 39.8 Å². The lowest BCUT2D eigenvalue weighted by atomic mass is 10.0. The van der Waals surface area contributed by atoms with Crippen LogP contribution in [0.15, 0.2) is 12.1 Å². The highest BCUT2D eigenvalue weighted by atomic mass is 16.5. The first-order valence-electron chi connectivity index (χ1n) is 7.57. The van der Waals surface area contributed by atoms with Crippen molar-refractivity contribution in [3.63, 3.8) is 0 Å². The lowest BCUT2D eigenvalue weighted by molar-refractivity contribution is 0.342. The Kier molecular flexibility index (Phi) is 4.71. The number of nitrogens with two attached hydrogens (primary N) is 1. The molecule has 2 rings (SSSR count). The van der Waals surface area contributed by atoms with Crippen LogP contribution >= 0.6 is 0 Å². The maximum atomic E-state index is 9.52. The van der Waals surface area contributed by atoms with E-state index in [2.05, 4.69) is 16.4 Å². The molecule has 0 unspecified atom stereocenters. The van der Waals surface area contributed by atoms with Crippen LogP contribution in [-0.2, 0) is 6.42 Å². The molecule has 0 atom stereocenters. The number of aromatic nitrogens is 1. The van der Waals surface area contributed by atoms with Gasteiger partial charge in [0.15, 0.2) is 0 Å². The van der Waals surface area contributed by atoms with Crippen molar-refractivity contribution < 1.29 is 4.74 Å². The summed E-state index contributed by atoms with van der Waals surface area (Å²) in [7, 11) is 0. The molecule has 0 radical (unpaired) electrons. The summed E-state index contributed by atoms with van der Waals surface area (Å²) in [6.07, 6.45) is 0.694. The molecule has 0 amide bonds. The summed E-state index contributed by atoms with van der Waals surface area (Å²) in [5, 5.41) is 13.7. The number of nitrogen functional groups attached to an aromatic ring is 1. The predicted octanol–water partition coefficient (Wildman–Crippen LogP) is 3.47. The maximum Gasteiger partial charge on any atom is 0.144 e. The SMILES string of the molecule is CCOc1cc2nc(CC)c(C#N)c(NC(C)C)c2cc1N. The Hall–Kier alpha value is -2.48. The summed E-state index contributed by atoms with van der Waals surface area (Å²) in [4.78, 5) is 4.62. The summed E-state index contributed by atoms with van der Waals surface area (Å²) in [5.74, 6) is 0.629. The number of hydrogen-bond donors (Lipinski definition) is 2. The van der Waals surface area contributed by atoms with Crippen molar-refractivity contribution in [3.8, 4) is 11.8 Å². The molecule has 0 saturated carbocycles. The van der Waals surface area contributed by atoms with Crippen molar-refractivity contribution >= 4 is 22.3 Å². The van der Waals surface area contributed by atoms with E-state index in [4.69, 9.17) is 10.5 Å². The molecule has 1 aromatic carbocycles. The van der Waals surface area contributed by atoms with Gasteiger partial charge in [-0.15, -0.1) is 0 Å². The van der Waals surface area contributed by atoms with Gasteiger partial charge in [0, 0.05) is 17.5 Å². The molecule has 0 aliphatic heterocycles. The largest absolute Gasteiger partial charge is 0.492 e. The zero-order chi connectivity index (χ0) is 16.3. The first-order valence-corrected chi connectivity index (χ1v) is 7.57. The highest BCUT2D eigenvalue weighted by molar-refractivity contribution is 5.98. The van der Waals surface area contributed by atoms with Crippen molar-refractivity contribution in [2.45, 2.75) is 40.2 Å². The molecule has 0 aliphatic rings. The summed E-state index contributed by atoms with van der Waals surface area (Å²) in [5.41, 5.74) is 9.58. The molecule has 22 heavy (non-hydrogen) atoms. The summed E-state index contributed by atoms with van der Waals surface area (Å²) in [6.45, 7) is 8.53. The van der Waals surface area contributed by atoms with Gasteiger partial charge in [0.25, 0.3) is 0 Å². The lowest BCUT2D eigenvalue weighted by Crippen LogP contribution is -2.13. The maximum absolute atomic E-state index is 9.52. The molecule has 0 fully saturated rings. The first-order chi connectivity index (χ1) is 10.5. The molecule has 0 saturated heterocycles. The number of aryl methyl sites for hydroxylation is 1. The fourth-order valence-corrected chi connectivity index (χ4v) is 2.45. The van der Waals surface area contributed by atoms with Gasteiger partial charge in [-0.05, 0) is 33.3 Å². The van der Waals surface area contributed by atoms with E-state index in [0.717, 1.165) is 22.3 Å². The topological polar surface area (TPSA) is 84.0 Å². The van der Waals surface area contributed by atoms with E-state index in [1.165, 1.54) is 0 Å². The molecular formula is C17H22N4O. The van der Waals surface area contributed by atoms with Gasteiger partial charge in [-0.2, -0.15) is 5.26 Å². The minimum atomic E-state index is 0.204. The second-order valence-electron chi connectivity index (χ2n) is 5.41. The van der Waals surface area contributed by atoms with Gasteiger partial charge in [-0.3, -0.25) is 4.98 Å². The van der Waals surface area contributed by atoms with Gasteiger partial charge in [-0.25, -0.2) is 0 Å². The number of ether oxygens (including phenoxy) is 1. The van der Waals surface area contributed by atoms with E-state index in [-0.39, 0.29) is 6.04 Å². The van der Waals surface area contributed by atoms with Gasteiger partial charge >= 0.3 is 0 Å². The Morgan fingerprint density at radius 2 is 2.09 bits per heavy atom. The molecule has 1 heterocycles. The zero-order valence-electron chi connectivity index (χ0n) is 13.5. The normalized spacial score (nSPS) is 10.7. The minimum Gasteiger partial charge on any atom is -0.492 e. The molecule has 0 aliphatic carbocycles. The molecular weight excluding hydrogens is 276 g/mol. The zero-order valence-corrected chi connectivity index (χ0v) is 13.5. The average Bonchev–Trinajstić information content (AvgIpc) is 2.48. The van der Waals surface area contributed by atoms with E-state index in [9.17, 15) is 5.26 Å². The number of nitrogens with one attached hydrogen (secondary N) is 1. The number of benzene rings is 1. The quantitative estimate of drug-likeness (QED) is 0.826. The fourth-order valence-electron chi connectivity index (χ4n) is 2.45.